The lowest BCUT2D eigenvalue weighted by Gasteiger charge is -2.39. The van der Waals surface area contributed by atoms with Crippen LogP contribution >= 0.6 is 0 Å². The molecule has 4 heteroatoms. The summed E-state index contributed by atoms with van der Waals surface area (Å²) in [4.78, 5) is 2.45. The first-order valence-electron chi connectivity index (χ1n) is 7.00. The summed E-state index contributed by atoms with van der Waals surface area (Å²) in [5, 5.41) is 9.92. The zero-order valence-electron chi connectivity index (χ0n) is 11.8. The van der Waals surface area contributed by atoms with Crippen LogP contribution in [-0.4, -0.2) is 36.2 Å². The van der Waals surface area contributed by atoms with Crippen molar-refractivity contribution in [2.24, 2.45) is 5.73 Å². The molecule has 4 nitrogen and oxygen atoms in total. The molecule has 2 atom stereocenters. The number of phenols is 1. The number of nitrogens with zero attached hydrogens (tertiary/aromatic N) is 1. The minimum atomic E-state index is 0.173. The lowest BCUT2D eigenvalue weighted by Crippen LogP contribution is -2.43. The molecule has 0 bridgehead atoms. The molecule has 0 aromatic heterocycles. The van der Waals surface area contributed by atoms with Crippen LogP contribution in [0.2, 0.25) is 0 Å². The Morgan fingerprint density at radius 2 is 2.26 bits per heavy atom. The third-order valence-corrected chi connectivity index (χ3v) is 4.07. The van der Waals surface area contributed by atoms with Gasteiger partial charge in [0.15, 0.2) is 11.5 Å². The van der Waals surface area contributed by atoms with E-state index in [1.165, 1.54) is 19.3 Å². The van der Waals surface area contributed by atoms with Gasteiger partial charge in [0, 0.05) is 18.6 Å². The summed E-state index contributed by atoms with van der Waals surface area (Å²) < 4.78 is 5.09. The number of benzene rings is 1. The molecule has 106 valence electrons. The molecule has 1 heterocycles. The molecular weight excluding hydrogens is 240 g/mol. The number of hydrogen-bond donors (Lipinski definition) is 2. The Hall–Kier alpha value is -1.26. The fraction of sp³-hybridized carbons (Fsp3) is 0.600. The molecule has 1 aliphatic rings. The molecule has 0 radical (unpaired) electrons. The topological polar surface area (TPSA) is 58.7 Å². The highest BCUT2D eigenvalue weighted by atomic mass is 16.5. The van der Waals surface area contributed by atoms with Crippen LogP contribution in [0.25, 0.3) is 0 Å². The van der Waals surface area contributed by atoms with Crippen molar-refractivity contribution in [1.29, 1.82) is 0 Å². The average molecular weight is 264 g/mol. The Balaban J connectivity index is 2.23. The maximum atomic E-state index is 9.92. The van der Waals surface area contributed by atoms with E-state index in [0.29, 0.717) is 18.3 Å². The molecule has 0 aliphatic carbocycles. The zero-order valence-corrected chi connectivity index (χ0v) is 11.8. The number of rotatable bonds is 4. The minimum Gasteiger partial charge on any atom is -0.504 e. The Bertz CT molecular complexity index is 423. The summed E-state index contributed by atoms with van der Waals surface area (Å²) in [5.41, 5.74) is 7.03. The standard InChI is InChI=1S/C15H24N2O2/c1-11-5-3-4-8-17(11)13(10-16)12-6-7-15(19-2)14(18)9-12/h6-7,9,11,13,18H,3-5,8,10,16H2,1-2H3. The number of likely N-dealkylation sites (tertiary alicyclic amines) is 1. The minimum absolute atomic E-state index is 0.173. The van der Waals surface area contributed by atoms with Gasteiger partial charge in [-0.3, -0.25) is 4.90 Å². The van der Waals surface area contributed by atoms with Gasteiger partial charge in [0.05, 0.1) is 7.11 Å². The highest BCUT2D eigenvalue weighted by Gasteiger charge is 2.26. The summed E-state index contributed by atoms with van der Waals surface area (Å²) in [7, 11) is 1.56. The summed E-state index contributed by atoms with van der Waals surface area (Å²) >= 11 is 0. The molecule has 2 unspecified atom stereocenters. The number of hydrogen-bond acceptors (Lipinski definition) is 4. The highest BCUT2D eigenvalue weighted by Crippen LogP contribution is 2.33. The molecule has 1 fully saturated rings. The molecule has 1 aromatic carbocycles. The highest BCUT2D eigenvalue weighted by molar-refractivity contribution is 5.42. The van der Waals surface area contributed by atoms with Crippen LogP contribution in [-0.2, 0) is 0 Å². The fourth-order valence-electron chi connectivity index (χ4n) is 2.96. The summed E-state index contributed by atoms with van der Waals surface area (Å²) in [6, 6.07) is 6.30. The van der Waals surface area contributed by atoms with Gasteiger partial charge in [-0.2, -0.15) is 0 Å². The molecule has 1 saturated heterocycles. The summed E-state index contributed by atoms with van der Waals surface area (Å²) in [6.07, 6.45) is 3.74. The van der Waals surface area contributed by atoms with Crippen LogP contribution in [0, 0.1) is 0 Å². The van der Waals surface area contributed by atoms with Crippen molar-refractivity contribution < 1.29 is 9.84 Å². The van der Waals surface area contributed by atoms with E-state index in [4.69, 9.17) is 10.5 Å². The second kappa shape index (κ2) is 6.26. The van der Waals surface area contributed by atoms with Crippen LogP contribution in [0.5, 0.6) is 11.5 Å². The Kier molecular flexibility index (Phi) is 4.66. The van der Waals surface area contributed by atoms with Crippen molar-refractivity contribution in [2.75, 3.05) is 20.2 Å². The smallest absolute Gasteiger partial charge is 0.160 e. The molecule has 19 heavy (non-hydrogen) atoms. The summed E-state index contributed by atoms with van der Waals surface area (Å²) in [6.45, 7) is 3.90. The van der Waals surface area contributed by atoms with Gasteiger partial charge in [-0.15, -0.1) is 0 Å². The molecule has 1 aliphatic heterocycles. The molecule has 2 rings (SSSR count). The quantitative estimate of drug-likeness (QED) is 0.876. The van der Waals surface area contributed by atoms with Crippen molar-refractivity contribution in [3.05, 3.63) is 23.8 Å². The van der Waals surface area contributed by atoms with Gasteiger partial charge >= 0.3 is 0 Å². The lowest BCUT2D eigenvalue weighted by atomic mass is 9.97. The van der Waals surface area contributed by atoms with Crippen LogP contribution in [0.15, 0.2) is 18.2 Å². The summed E-state index contributed by atoms with van der Waals surface area (Å²) in [5.74, 6) is 0.689. The van der Waals surface area contributed by atoms with E-state index < -0.39 is 0 Å². The lowest BCUT2D eigenvalue weighted by molar-refractivity contribution is 0.108. The number of methoxy groups -OCH3 is 1. The Morgan fingerprint density at radius 1 is 1.47 bits per heavy atom. The number of nitrogens with two attached hydrogens (primary N) is 1. The van der Waals surface area contributed by atoms with Crippen molar-refractivity contribution >= 4 is 0 Å². The van der Waals surface area contributed by atoms with E-state index in [9.17, 15) is 5.11 Å². The van der Waals surface area contributed by atoms with E-state index in [1.807, 2.05) is 12.1 Å². The third-order valence-electron chi connectivity index (χ3n) is 4.07. The molecule has 3 N–H and O–H groups in total. The van der Waals surface area contributed by atoms with E-state index in [0.717, 1.165) is 12.1 Å². The Labute approximate surface area is 115 Å². The largest absolute Gasteiger partial charge is 0.504 e. The number of piperidine rings is 1. The first kappa shape index (κ1) is 14.2. The van der Waals surface area contributed by atoms with Gasteiger partial charge in [0.2, 0.25) is 0 Å². The molecule has 0 amide bonds. The van der Waals surface area contributed by atoms with Crippen molar-refractivity contribution in [2.45, 2.75) is 38.3 Å². The predicted molar refractivity (Wildman–Crippen MR) is 76.5 cm³/mol. The van der Waals surface area contributed by atoms with Gasteiger partial charge in [0.25, 0.3) is 0 Å². The van der Waals surface area contributed by atoms with Gasteiger partial charge in [-0.1, -0.05) is 12.5 Å². The SMILES string of the molecule is COc1ccc(C(CN)N2CCCCC2C)cc1O. The van der Waals surface area contributed by atoms with E-state index in [2.05, 4.69) is 11.8 Å². The van der Waals surface area contributed by atoms with Crippen LogP contribution in [0.4, 0.5) is 0 Å². The van der Waals surface area contributed by atoms with Crippen molar-refractivity contribution in [3.8, 4) is 11.5 Å². The molecule has 0 spiro atoms. The Morgan fingerprint density at radius 3 is 2.84 bits per heavy atom. The van der Waals surface area contributed by atoms with Crippen LogP contribution in [0.3, 0.4) is 0 Å². The molecular formula is C15H24N2O2. The number of ether oxygens (including phenoxy) is 1. The van der Waals surface area contributed by atoms with Gasteiger partial charge in [-0.05, 0) is 44.0 Å². The van der Waals surface area contributed by atoms with E-state index in [1.54, 1.807) is 13.2 Å². The maximum absolute atomic E-state index is 9.92. The van der Waals surface area contributed by atoms with Gasteiger partial charge < -0.3 is 15.6 Å². The number of aromatic hydroxyl groups is 1. The molecule has 1 aromatic rings. The first-order valence-corrected chi connectivity index (χ1v) is 7.00. The normalized spacial score (nSPS) is 22.2. The number of phenolic OH excluding ortho intramolecular Hbond substituents is 1. The second-order valence-electron chi connectivity index (χ2n) is 5.27. The van der Waals surface area contributed by atoms with Crippen molar-refractivity contribution in [1.82, 2.24) is 4.90 Å². The monoisotopic (exact) mass is 264 g/mol. The van der Waals surface area contributed by atoms with Gasteiger partial charge in [0.1, 0.15) is 0 Å². The molecule has 0 saturated carbocycles. The van der Waals surface area contributed by atoms with E-state index in [-0.39, 0.29) is 11.8 Å². The average Bonchev–Trinajstić information content (AvgIpc) is 2.42. The zero-order chi connectivity index (χ0) is 13.8. The predicted octanol–water partition coefficient (Wildman–Crippen LogP) is 2.28. The maximum Gasteiger partial charge on any atom is 0.160 e. The van der Waals surface area contributed by atoms with Crippen LogP contribution in [0.1, 0.15) is 37.8 Å². The van der Waals surface area contributed by atoms with Crippen LogP contribution < -0.4 is 10.5 Å². The third kappa shape index (κ3) is 3.01. The first-order chi connectivity index (χ1) is 9.17. The van der Waals surface area contributed by atoms with E-state index >= 15 is 0 Å². The van der Waals surface area contributed by atoms with Crippen molar-refractivity contribution in [3.63, 3.8) is 0 Å². The van der Waals surface area contributed by atoms with Gasteiger partial charge in [-0.25, -0.2) is 0 Å². The fourth-order valence-corrected chi connectivity index (χ4v) is 2.96. The second-order valence-corrected chi connectivity index (χ2v) is 5.27.